The summed E-state index contributed by atoms with van der Waals surface area (Å²) in [5.74, 6) is 0. The van der Waals surface area contributed by atoms with Crippen LogP contribution in [0.25, 0.3) is 62.2 Å². The van der Waals surface area contributed by atoms with Crippen LogP contribution >= 0.6 is 22.7 Å². The van der Waals surface area contributed by atoms with E-state index in [1.165, 1.54) is 62.2 Å². The average molecular weight is 584 g/mol. The van der Waals surface area contributed by atoms with Crippen molar-refractivity contribution in [3.63, 3.8) is 0 Å². The van der Waals surface area contributed by atoms with Crippen molar-refractivity contribution in [1.29, 1.82) is 0 Å². The Bertz CT molecular complexity index is 2450. The van der Waals surface area contributed by atoms with E-state index in [4.69, 9.17) is 0 Å². The fraction of sp³-hybridized carbons (Fsp3) is 0. The molecule has 0 aliphatic heterocycles. The van der Waals surface area contributed by atoms with Crippen LogP contribution in [0.5, 0.6) is 0 Å². The Morgan fingerprint density at radius 2 is 0.953 bits per heavy atom. The molecule has 0 unspecified atom stereocenters. The number of fused-ring (bicyclic) bond motifs is 8. The molecule has 0 saturated heterocycles. The van der Waals surface area contributed by atoms with Gasteiger partial charge in [0, 0.05) is 57.4 Å². The lowest BCUT2D eigenvalue weighted by Gasteiger charge is -2.25. The molecule has 2 heterocycles. The normalized spacial score (nSPS) is 11.7. The van der Waals surface area contributed by atoms with Crippen LogP contribution < -0.4 is 4.90 Å². The molecule has 0 atom stereocenters. The van der Waals surface area contributed by atoms with Crippen LogP contribution in [-0.4, -0.2) is 0 Å². The SMILES string of the molecule is c1ccc(N(c2ccc(-c3cccc4c3ccc3sc5ccccc5c34)cc2)c2ccc3c(c2)sc2ccccc23)cc1. The van der Waals surface area contributed by atoms with Gasteiger partial charge in [-0.1, -0.05) is 97.1 Å². The second kappa shape index (κ2) is 9.81. The van der Waals surface area contributed by atoms with Gasteiger partial charge >= 0.3 is 0 Å². The van der Waals surface area contributed by atoms with Crippen LogP contribution in [-0.2, 0) is 0 Å². The standard InChI is InChI=1S/C40H25NS2/c1-2-9-27(10-3-1)41(29-21-22-33-32-11-4-6-15-36(32)43-39(33)25-29)28-19-17-26(18-20-28)30-13-8-14-34-31(30)23-24-38-40(34)35-12-5-7-16-37(35)42-38/h1-25H. The van der Waals surface area contributed by atoms with Gasteiger partial charge in [-0.15, -0.1) is 22.7 Å². The van der Waals surface area contributed by atoms with Gasteiger partial charge in [-0.25, -0.2) is 0 Å². The molecule has 1 nitrogen and oxygen atoms in total. The molecular weight excluding hydrogens is 559 g/mol. The van der Waals surface area contributed by atoms with Gasteiger partial charge in [-0.05, 0) is 76.5 Å². The minimum atomic E-state index is 1.14. The molecule has 43 heavy (non-hydrogen) atoms. The van der Waals surface area contributed by atoms with Crippen molar-refractivity contribution in [3.05, 3.63) is 152 Å². The van der Waals surface area contributed by atoms with E-state index in [1.54, 1.807) is 0 Å². The molecule has 0 saturated carbocycles. The number of hydrogen-bond donors (Lipinski definition) is 0. The molecule has 0 amide bonds. The molecule has 9 aromatic rings. The Morgan fingerprint density at radius 3 is 1.79 bits per heavy atom. The predicted octanol–water partition coefficient (Wildman–Crippen LogP) is 12.7. The third kappa shape index (κ3) is 3.97. The smallest absolute Gasteiger partial charge is 0.0476 e. The summed E-state index contributed by atoms with van der Waals surface area (Å²) >= 11 is 3.74. The zero-order chi connectivity index (χ0) is 28.3. The minimum absolute atomic E-state index is 1.14. The molecule has 3 heteroatoms. The van der Waals surface area contributed by atoms with E-state index in [9.17, 15) is 0 Å². The van der Waals surface area contributed by atoms with Gasteiger partial charge in [0.2, 0.25) is 0 Å². The molecule has 0 aliphatic carbocycles. The number of anilines is 3. The van der Waals surface area contributed by atoms with Crippen LogP contribution in [0, 0.1) is 0 Å². The maximum Gasteiger partial charge on any atom is 0.0476 e. The number of hydrogen-bond acceptors (Lipinski definition) is 3. The molecule has 0 aliphatic rings. The number of para-hydroxylation sites is 1. The van der Waals surface area contributed by atoms with Gasteiger partial charge < -0.3 is 4.90 Å². The lowest BCUT2D eigenvalue weighted by molar-refractivity contribution is 1.29. The van der Waals surface area contributed by atoms with Gasteiger partial charge in [0.1, 0.15) is 0 Å². The Hall–Kier alpha value is -4.96. The summed E-state index contributed by atoms with van der Waals surface area (Å²) in [6.07, 6.45) is 0. The van der Waals surface area contributed by atoms with Crippen molar-refractivity contribution in [1.82, 2.24) is 0 Å². The topological polar surface area (TPSA) is 3.24 Å². The van der Waals surface area contributed by atoms with Gasteiger partial charge in [0.05, 0.1) is 0 Å². The van der Waals surface area contributed by atoms with Gasteiger partial charge in [-0.2, -0.15) is 0 Å². The van der Waals surface area contributed by atoms with E-state index in [1.807, 2.05) is 22.7 Å². The van der Waals surface area contributed by atoms with Crippen LogP contribution in [0.1, 0.15) is 0 Å². The van der Waals surface area contributed by atoms with Crippen molar-refractivity contribution < 1.29 is 0 Å². The maximum atomic E-state index is 2.36. The van der Waals surface area contributed by atoms with E-state index in [0.717, 1.165) is 17.1 Å². The zero-order valence-electron chi connectivity index (χ0n) is 23.2. The van der Waals surface area contributed by atoms with Gasteiger partial charge in [0.25, 0.3) is 0 Å². The number of rotatable bonds is 4. The first kappa shape index (κ1) is 24.6. The highest BCUT2D eigenvalue weighted by atomic mass is 32.1. The van der Waals surface area contributed by atoms with Crippen molar-refractivity contribution in [3.8, 4) is 11.1 Å². The predicted molar refractivity (Wildman–Crippen MR) is 190 cm³/mol. The van der Waals surface area contributed by atoms with Crippen LogP contribution in [0.3, 0.4) is 0 Å². The van der Waals surface area contributed by atoms with E-state index < -0.39 is 0 Å². The van der Waals surface area contributed by atoms with Crippen molar-refractivity contribution >= 4 is 90.9 Å². The van der Waals surface area contributed by atoms with E-state index >= 15 is 0 Å². The summed E-state index contributed by atoms with van der Waals surface area (Å²) in [5.41, 5.74) is 5.93. The lowest BCUT2D eigenvalue weighted by Crippen LogP contribution is -2.09. The van der Waals surface area contributed by atoms with Crippen LogP contribution in [0.2, 0.25) is 0 Å². The molecular formula is C40H25NS2. The van der Waals surface area contributed by atoms with Crippen molar-refractivity contribution in [2.24, 2.45) is 0 Å². The first-order valence-corrected chi connectivity index (χ1v) is 16.1. The summed E-state index contributed by atoms with van der Waals surface area (Å²) < 4.78 is 5.32. The number of nitrogens with zero attached hydrogens (tertiary/aromatic N) is 1. The third-order valence-electron chi connectivity index (χ3n) is 8.47. The maximum absolute atomic E-state index is 2.36. The zero-order valence-corrected chi connectivity index (χ0v) is 24.8. The van der Waals surface area contributed by atoms with Crippen molar-refractivity contribution in [2.75, 3.05) is 4.90 Å². The largest absolute Gasteiger partial charge is 0.310 e. The molecule has 7 aromatic carbocycles. The summed E-state index contributed by atoms with van der Waals surface area (Å²) in [5, 5.41) is 7.96. The molecule has 0 radical (unpaired) electrons. The summed E-state index contributed by atoms with van der Waals surface area (Å²) in [6.45, 7) is 0. The Labute approximate surface area is 257 Å². The molecule has 0 spiro atoms. The second-order valence-electron chi connectivity index (χ2n) is 10.9. The molecule has 2 aromatic heterocycles. The fourth-order valence-electron chi connectivity index (χ4n) is 6.50. The monoisotopic (exact) mass is 583 g/mol. The third-order valence-corrected chi connectivity index (χ3v) is 10.7. The first-order chi connectivity index (χ1) is 21.3. The van der Waals surface area contributed by atoms with Crippen LogP contribution in [0.4, 0.5) is 17.1 Å². The van der Waals surface area contributed by atoms with E-state index in [-0.39, 0.29) is 0 Å². The first-order valence-electron chi connectivity index (χ1n) is 14.5. The van der Waals surface area contributed by atoms with Crippen molar-refractivity contribution in [2.45, 2.75) is 0 Å². The Balaban J connectivity index is 1.17. The quantitative estimate of drug-likeness (QED) is 0.199. The summed E-state index contributed by atoms with van der Waals surface area (Å²) in [4.78, 5) is 2.36. The molecule has 9 rings (SSSR count). The molecule has 0 fully saturated rings. The second-order valence-corrected chi connectivity index (χ2v) is 13.1. The lowest BCUT2D eigenvalue weighted by atomic mass is 9.95. The highest BCUT2D eigenvalue weighted by Crippen LogP contribution is 2.43. The van der Waals surface area contributed by atoms with E-state index in [0.29, 0.717) is 0 Å². The van der Waals surface area contributed by atoms with Gasteiger partial charge in [0.15, 0.2) is 0 Å². The Kier molecular flexibility index (Phi) is 5.62. The number of benzene rings is 7. The van der Waals surface area contributed by atoms with Crippen LogP contribution in [0.15, 0.2) is 152 Å². The molecule has 202 valence electrons. The number of thiophene rings is 2. The minimum Gasteiger partial charge on any atom is -0.310 e. The average Bonchev–Trinajstić information content (AvgIpc) is 3.64. The molecule has 0 N–H and O–H groups in total. The highest BCUT2D eigenvalue weighted by Gasteiger charge is 2.16. The molecule has 0 bridgehead atoms. The van der Waals surface area contributed by atoms with Gasteiger partial charge in [-0.3, -0.25) is 0 Å². The summed E-state index contributed by atoms with van der Waals surface area (Å²) in [6, 6.07) is 55.4. The summed E-state index contributed by atoms with van der Waals surface area (Å²) in [7, 11) is 0. The highest BCUT2D eigenvalue weighted by molar-refractivity contribution is 7.26. The fourth-order valence-corrected chi connectivity index (χ4v) is 8.76. The van der Waals surface area contributed by atoms with E-state index in [2.05, 4.69) is 157 Å². The Morgan fingerprint density at radius 1 is 0.349 bits per heavy atom.